The van der Waals surface area contributed by atoms with Gasteiger partial charge in [-0.3, -0.25) is 0 Å². The van der Waals surface area contributed by atoms with E-state index in [1.807, 2.05) is 6.66 Å². The first-order valence-corrected chi connectivity index (χ1v) is 12.7. The van der Waals surface area contributed by atoms with Crippen LogP contribution in [-0.4, -0.2) is 0 Å². The van der Waals surface area contributed by atoms with Crippen molar-refractivity contribution < 1.29 is 33.8 Å². The molecule has 0 bridgehead atoms. The summed E-state index contributed by atoms with van der Waals surface area (Å²) < 4.78 is 4.90. The molecular weight excluding hydrogens is 406 g/mol. The molecule has 0 spiro atoms. The normalized spacial score (nSPS) is 22.7. The van der Waals surface area contributed by atoms with E-state index in [4.69, 9.17) is 0 Å². The van der Waals surface area contributed by atoms with Crippen molar-refractivity contribution in [1.29, 1.82) is 0 Å². The van der Waals surface area contributed by atoms with E-state index >= 15 is 0 Å². The standard InChI is InChI=1S/C6H11.2C5H5.ClH.Hf/c1-2-4-6-5-3-1;2*1-2-4-5-3-1;;/h1H,2-6H2;2*1-3H,4H2;1H;/q;;;;+1/p-1. The minimum atomic E-state index is -1.66. The van der Waals surface area contributed by atoms with Gasteiger partial charge in [0.1, 0.15) is 0 Å². The largest absolute Gasteiger partial charge is 1.00 e. The quantitative estimate of drug-likeness (QED) is 0.605. The molecule has 3 aliphatic carbocycles. The van der Waals surface area contributed by atoms with Gasteiger partial charge in [-0.1, -0.05) is 0 Å². The summed E-state index contributed by atoms with van der Waals surface area (Å²) in [6.45, 7) is 0. The Morgan fingerprint density at radius 1 is 0.833 bits per heavy atom. The molecule has 0 saturated heterocycles. The average molecular weight is 427 g/mol. The van der Waals surface area contributed by atoms with Crippen LogP contribution in [0.4, 0.5) is 0 Å². The van der Waals surface area contributed by atoms with Crippen LogP contribution in [-0.2, 0) is 21.4 Å². The molecule has 96 valence electrons. The van der Waals surface area contributed by atoms with Crippen molar-refractivity contribution in [2.24, 2.45) is 0 Å². The summed E-state index contributed by atoms with van der Waals surface area (Å²) in [5.74, 6) is 0. The minimum absolute atomic E-state index is 0. The molecule has 2 heteroatoms. The summed E-state index contributed by atoms with van der Waals surface area (Å²) in [6.07, 6.45) is 24.4. The molecule has 1 fully saturated rings. The molecule has 3 aliphatic rings. The molecule has 0 heterocycles. The van der Waals surface area contributed by atoms with Gasteiger partial charge in [-0.15, -0.1) is 0 Å². The average Bonchev–Trinajstić information content (AvgIpc) is 3.04. The van der Waals surface area contributed by atoms with Crippen LogP contribution < -0.4 is 12.4 Å². The molecule has 0 aliphatic heterocycles. The first-order chi connectivity index (χ1) is 8.45. The molecule has 3 rings (SSSR count). The number of allylic oxidation sites excluding steroid dienone is 8. The Labute approximate surface area is 125 Å². The fourth-order valence-electron chi connectivity index (χ4n) is 3.42. The van der Waals surface area contributed by atoms with E-state index in [9.17, 15) is 0 Å². The van der Waals surface area contributed by atoms with Gasteiger partial charge in [-0.2, -0.15) is 0 Å². The molecule has 0 aromatic rings. The van der Waals surface area contributed by atoms with Gasteiger partial charge in [0, 0.05) is 0 Å². The molecule has 0 radical (unpaired) electrons. The Kier molecular flexibility index (Phi) is 5.69. The van der Waals surface area contributed by atoms with Crippen LogP contribution in [0, 0.1) is 0 Å². The van der Waals surface area contributed by atoms with Gasteiger partial charge in [0.2, 0.25) is 0 Å². The SMILES string of the molecule is C1=CC[C]([Hf+]([C]2=CC=CC2)[CH]2CCCCC2)=C1.[Cl-]. The number of hydrogen-bond donors (Lipinski definition) is 0. The second-order valence-corrected chi connectivity index (χ2v) is 15.9. The Hall–Kier alpha value is 0.120. The monoisotopic (exact) mass is 428 g/mol. The van der Waals surface area contributed by atoms with Crippen LogP contribution >= 0.6 is 0 Å². The third-order valence-electron chi connectivity index (χ3n) is 4.25. The molecule has 0 aromatic heterocycles. The summed E-state index contributed by atoms with van der Waals surface area (Å²) in [4.78, 5) is 0. The van der Waals surface area contributed by atoms with Crippen LogP contribution in [0.3, 0.4) is 0 Å². The molecule has 0 amide bonds. The summed E-state index contributed by atoms with van der Waals surface area (Å²) in [7, 11) is 0. The van der Waals surface area contributed by atoms with Gasteiger partial charge in [0.15, 0.2) is 0 Å². The zero-order valence-electron chi connectivity index (χ0n) is 10.9. The van der Waals surface area contributed by atoms with Crippen LogP contribution in [0.15, 0.2) is 43.1 Å². The fraction of sp³-hybridized carbons (Fsp3) is 0.500. The van der Waals surface area contributed by atoms with Crippen molar-refractivity contribution >= 4 is 0 Å². The van der Waals surface area contributed by atoms with E-state index < -0.39 is 21.4 Å². The molecule has 0 nitrogen and oxygen atoms in total. The fourth-order valence-corrected chi connectivity index (χ4v) is 16.6. The van der Waals surface area contributed by atoms with Crippen molar-refractivity contribution in [3.63, 3.8) is 0 Å². The summed E-state index contributed by atoms with van der Waals surface area (Å²) >= 11 is -1.66. The van der Waals surface area contributed by atoms with Gasteiger partial charge >= 0.3 is 113 Å². The second kappa shape index (κ2) is 7.05. The van der Waals surface area contributed by atoms with Crippen LogP contribution in [0.1, 0.15) is 44.9 Å². The van der Waals surface area contributed by atoms with E-state index in [0.29, 0.717) is 0 Å². The first kappa shape index (κ1) is 14.5. The maximum atomic E-state index is 2.47. The molecule has 0 aromatic carbocycles. The van der Waals surface area contributed by atoms with Gasteiger partial charge in [-0.05, 0) is 0 Å². The summed E-state index contributed by atoms with van der Waals surface area (Å²) in [6, 6.07) is 0. The van der Waals surface area contributed by atoms with Gasteiger partial charge in [0.05, 0.1) is 0 Å². The predicted octanol–water partition coefficient (Wildman–Crippen LogP) is 2.05. The molecule has 18 heavy (non-hydrogen) atoms. The van der Waals surface area contributed by atoms with E-state index in [1.165, 1.54) is 44.9 Å². The molecule has 1 saturated carbocycles. The third kappa shape index (κ3) is 3.17. The zero-order chi connectivity index (χ0) is 11.5. The summed E-state index contributed by atoms with van der Waals surface area (Å²) in [5, 5.41) is 0. The van der Waals surface area contributed by atoms with E-state index in [2.05, 4.69) is 36.5 Å². The molecule has 0 unspecified atom stereocenters. The number of halogens is 1. The Morgan fingerprint density at radius 3 is 1.83 bits per heavy atom. The Bertz CT molecular complexity index is 367. The topological polar surface area (TPSA) is 0 Å². The van der Waals surface area contributed by atoms with Gasteiger partial charge in [-0.25, -0.2) is 0 Å². The summed E-state index contributed by atoms with van der Waals surface area (Å²) in [5.41, 5.74) is 0. The first-order valence-electron chi connectivity index (χ1n) is 7.04. The number of rotatable bonds is 3. The third-order valence-corrected chi connectivity index (χ3v) is 16.9. The Morgan fingerprint density at radius 2 is 1.39 bits per heavy atom. The predicted molar refractivity (Wildman–Crippen MR) is 70.5 cm³/mol. The van der Waals surface area contributed by atoms with Crippen molar-refractivity contribution in [1.82, 2.24) is 0 Å². The van der Waals surface area contributed by atoms with Crippen molar-refractivity contribution in [3.8, 4) is 0 Å². The molecule has 0 N–H and O–H groups in total. The maximum Gasteiger partial charge on any atom is -1.00 e. The van der Waals surface area contributed by atoms with E-state index in [0.717, 1.165) is 3.67 Å². The van der Waals surface area contributed by atoms with Crippen LogP contribution in [0.5, 0.6) is 0 Å². The van der Waals surface area contributed by atoms with Gasteiger partial charge in [0.25, 0.3) is 0 Å². The Balaban J connectivity index is 0.00000120. The smallest absolute Gasteiger partial charge is 1.00 e. The van der Waals surface area contributed by atoms with Crippen molar-refractivity contribution in [2.75, 3.05) is 0 Å². The number of hydrogen-bond acceptors (Lipinski definition) is 0. The van der Waals surface area contributed by atoms with Gasteiger partial charge < -0.3 is 12.4 Å². The molecule has 0 atom stereocenters. The maximum absolute atomic E-state index is 2.47. The van der Waals surface area contributed by atoms with Crippen LogP contribution in [0.25, 0.3) is 0 Å². The molecular formula is C16H21ClHf. The van der Waals surface area contributed by atoms with E-state index in [1.54, 1.807) is 0 Å². The van der Waals surface area contributed by atoms with E-state index in [-0.39, 0.29) is 12.4 Å². The van der Waals surface area contributed by atoms with Crippen molar-refractivity contribution in [3.05, 3.63) is 43.1 Å². The minimum Gasteiger partial charge on any atom is -1.00 e. The zero-order valence-corrected chi connectivity index (χ0v) is 15.2. The van der Waals surface area contributed by atoms with Crippen LogP contribution in [0.2, 0.25) is 3.67 Å². The van der Waals surface area contributed by atoms with Crippen molar-refractivity contribution in [2.45, 2.75) is 48.6 Å². The second-order valence-electron chi connectivity index (χ2n) is 5.40.